The largest absolute Gasteiger partial charge is 0.507 e. The Morgan fingerprint density at radius 1 is 0.944 bits per heavy atom. The summed E-state index contributed by atoms with van der Waals surface area (Å²) in [4.78, 5) is 27.7. The molecule has 36 heavy (non-hydrogen) atoms. The number of ether oxygens (including phenoxy) is 3. The van der Waals surface area contributed by atoms with E-state index in [4.69, 9.17) is 37.4 Å². The number of aliphatic hydroxyl groups is 1. The predicted molar refractivity (Wildman–Crippen MR) is 134 cm³/mol. The quantitative estimate of drug-likeness (QED) is 0.246. The van der Waals surface area contributed by atoms with Gasteiger partial charge in [-0.2, -0.15) is 0 Å². The maximum Gasteiger partial charge on any atom is 0.300 e. The molecule has 1 amide bonds. The molecule has 7 nitrogen and oxygen atoms in total. The molecular formula is C26H20Cl2FNO6. The zero-order chi connectivity index (χ0) is 26.1. The molecule has 1 N–H and O–H groups in total. The maximum absolute atomic E-state index is 14.1. The van der Waals surface area contributed by atoms with E-state index >= 15 is 0 Å². The smallest absolute Gasteiger partial charge is 0.300 e. The standard InChI is InChI=1S/C26H20Cl2FNO6/c1-34-16-9-7-13(8-10-16)21-19(23(32)26(33)30(21)15-6-4-5-14(29)11-15)22(31)17-12-18(27)25(36-3)20(28)24(17)35-2/h4-12,21,31H,1-3H3/b22-19+. The average molecular weight is 532 g/mol. The summed E-state index contributed by atoms with van der Waals surface area (Å²) in [6.07, 6.45) is 0. The Bertz CT molecular complexity index is 1390. The topological polar surface area (TPSA) is 85.3 Å². The number of hydrogen-bond acceptors (Lipinski definition) is 6. The van der Waals surface area contributed by atoms with E-state index in [1.165, 1.54) is 45.6 Å². The number of Topliss-reactive ketones (excluding diaryl/α,β-unsaturated/α-hetero) is 1. The van der Waals surface area contributed by atoms with Crippen molar-refractivity contribution < 1.29 is 33.3 Å². The molecule has 3 aromatic carbocycles. The van der Waals surface area contributed by atoms with Crippen LogP contribution in [0.2, 0.25) is 10.0 Å². The second-order valence-electron chi connectivity index (χ2n) is 7.71. The Morgan fingerprint density at radius 2 is 1.61 bits per heavy atom. The highest BCUT2D eigenvalue weighted by atomic mass is 35.5. The lowest BCUT2D eigenvalue weighted by molar-refractivity contribution is -0.132. The normalized spacial score (nSPS) is 16.8. The van der Waals surface area contributed by atoms with E-state index in [2.05, 4.69) is 0 Å². The molecule has 4 rings (SSSR count). The van der Waals surface area contributed by atoms with Gasteiger partial charge in [-0.05, 0) is 42.0 Å². The average Bonchev–Trinajstić information content (AvgIpc) is 3.14. The second-order valence-corrected chi connectivity index (χ2v) is 8.49. The fourth-order valence-electron chi connectivity index (χ4n) is 4.12. The number of carbonyl (C=O) groups excluding carboxylic acids is 2. The number of anilines is 1. The molecule has 1 heterocycles. The van der Waals surface area contributed by atoms with Crippen molar-refractivity contribution in [3.8, 4) is 17.2 Å². The minimum absolute atomic E-state index is 0.0131. The van der Waals surface area contributed by atoms with E-state index in [1.54, 1.807) is 24.3 Å². The summed E-state index contributed by atoms with van der Waals surface area (Å²) in [5.41, 5.74) is 0.314. The Labute approximate surface area is 216 Å². The number of rotatable bonds is 6. The van der Waals surface area contributed by atoms with Crippen molar-refractivity contribution in [2.24, 2.45) is 0 Å². The van der Waals surface area contributed by atoms with Gasteiger partial charge in [-0.3, -0.25) is 14.5 Å². The highest BCUT2D eigenvalue weighted by Gasteiger charge is 2.47. The van der Waals surface area contributed by atoms with Crippen LogP contribution in [0.4, 0.5) is 10.1 Å². The van der Waals surface area contributed by atoms with Crippen LogP contribution in [0.25, 0.3) is 5.76 Å². The summed E-state index contributed by atoms with van der Waals surface area (Å²) >= 11 is 12.7. The first-order chi connectivity index (χ1) is 17.2. The lowest BCUT2D eigenvalue weighted by atomic mass is 9.94. The summed E-state index contributed by atoms with van der Waals surface area (Å²) in [5.74, 6) is -2.47. The molecule has 1 saturated heterocycles. The summed E-state index contributed by atoms with van der Waals surface area (Å²) in [6.45, 7) is 0. The molecule has 1 unspecified atom stereocenters. The van der Waals surface area contributed by atoms with Crippen LogP contribution >= 0.6 is 23.2 Å². The summed E-state index contributed by atoms with van der Waals surface area (Å²) in [7, 11) is 4.18. The third-order valence-electron chi connectivity index (χ3n) is 5.76. The van der Waals surface area contributed by atoms with Gasteiger partial charge in [0.1, 0.15) is 22.3 Å². The molecule has 0 spiro atoms. The Hall–Kier alpha value is -3.75. The number of amides is 1. The van der Waals surface area contributed by atoms with Crippen molar-refractivity contribution in [1.82, 2.24) is 0 Å². The van der Waals surface area contributed by atoms with Crippen LogP contribution in [0.1, 0.15) is 17.2 Å². The maximum atomic E-state index is 14.1. The zero-order valence-electron chi connectivity index (χ0n) is 19.3. The first kappa shape index (κ1) is 25.3. The molecule has 1 atom stereocenters. The summed E-state index contributed by atoms with van der Waals surface area (Å²) in [5, 5.41) is 11.4. The van der Waals surface area contributed by atoms with Crippen molar-refractivity contribution in [2.45, 2.75) is 6.04 Å². The fourth-order valence-corrected chi connectivity index (χ4v) is 4.81. The molecule has 0 saturated carbocycles. The monoisotopic (exact) mass is 531 g/mol. The molecule has 0 radical (unpaired) electrons. The number of ketones is 1. The van der Waals surface area contributed by atoms with Crippen molar-refractivity contribution in [3.63, 3.8) is 0 Å². The van der Waals surface area contributed by atoms with Crippen molar-refractivity contribution in [2.75, 3.05) is 26.2 Å². The molecule has 1 aliphatic heterocycles. The van der Waals surface area contributed by atoms with Crippen molar-refractivity contribution in [1.29, 1.82) is 0 Å². The number of halogens is 3. The third kappa shape index (κ3) is 4.23. The van der Waals surface area contributed by atoms with Crippen LogP contribution in [-0.4, -0.2) is 38.1 Å². The number of nitrogens with zero attached hydrogens (tertiary/aromatic N) is 1. The molecule has 1 fully saturated rings. The lowest BCUT2D eigenvalue weighted by Crippen LogP contribution is -2.29. The highest BCUT2D eigenvalue weighted by molar-refractivity contribution is 6.52. The van der Waals surface area contributed by atoms with Gasteiger partial charge in [0.25, 0.3) is 11.7 Å². The van der Waals surface area contributed by atoms with Gasteiger partial charge in [-0.25, -0.2) is 4.39 Å². The second kappa shape index (κ2) is 10.1. The number of methoxy groups -OCH3 is 3. The van der Waals surface area contributed by atoms with Gasteiger partial charge in [0.05, 0.1) is 43.5 Å². The first-order valence-electron chi connectivity index (χ1n) is 10.5. The van der Waals surface area contributed by atoms with Gasteiger partial charge in [-0.15, -0.1) is 0 Å². The van der Waals surface area contributed by atoms with E-state index in [-0.39, 0.29) is 38.4 Å². The Morgan fingerprint density at radius 3 is 2.19 bits per heavy atom. The first-order valence-corrected chi connectivity index (χ1v) is 11.3. The highest BCUT2D eigenvalue weighted by Crippen LogP contribution is 2.48. The number of hydrogen-bond donors (Lipinski definition) is 1. The van der Waals surface area contributed by atoms with E-state index in [9.17, 15) is 19.1 Å². The minimum atomic E-state index is -1.11. The fraction of sp³-hybridized carbons (Fsp3) is 0.154. The lowest BCUT2D eigenvalue weighted by Gasteiger charge is -2.26. The van der Waals surface area contributed by atoms with E-state index in [1.807, 2.05) is 0 Å². The molecule has 0 aromatic heterocycles. The minimum Gasteiger partial charge on any atom is -0.507 e. The summed E-state index contributed by atoms with van der Waals surface area (Å²) in [6, 6.07) is 12.0. The van der Waals surface area contributed by atoms with Crippen LogP contribution in [0.5, 0.6) is 17.2 Å². The van der Waals surface area contributed by atoms with Crippen LogP contribution < -0.4 is 19.1 Å². The molecule has 0 bridgehead atoms. The number of benzene rings is 3. The van der Waals surface area contributed by atoms with Gasteiger partial charge < -0.3 is 19.3 Å². The van der Waals surface area contributed by atoms with Gasteiger partial charge >= 0.3 is 0 Å². The van der Waals surface area contributed by atoms with Gasteiger partial charge in [0, 0.05) is 5.69 Å². The van der Waals surface area contributed by atoms with E-state index in [0.717, 1.165) is 11.0 Å². The third-order valence-corrected chi connectivity index (χ3v) is 6.38. The van der Waals surface area contributed by atoms with Crippen LogP contribution in [0.15, 0.2) is 60.2 Å². The molecule has 1 aliphatic rings. The Kier molecular flexibility index (Phi) is 7.10. The zero-order valence-corrected chi connectivity index (χ0v) is 20.9. The van der Waals surface area contributed by atoms with Crippen molar-refractivity contribution >= 4 is 46.3 Å². The predicted octanol–water partition coefficient (Wildman–Crippen LogP) is 5.78. The SMILES string of the molecule is COc1ccc(C2/C(=C(\O)c3cc(Cl)c(OC)c(Cl)c3OC)C(=O)C(=O)N2c2cccc(F)c2)cc1. The molecule has 186 valence electrons. The van der Waals surface area contributed by atoms with E-state index in [0.29, 0.717) is 11.3 Å². The Balaban J connectivity index is 2.01. The van der Waals surface area contributed by atoms with Gasteiger partial charge in [0.15, 0.2) is 11.5 Å². The number of carbonyl (C=O) groups is 2. The van der Waals surface area contributed by atoms with Crippen molar-refractivity contribution in [3.05, 3.63) is 87.2 Å². The van der Waals surface area contributed by atoms with E-state index < -0.39 is 29.3 Å². The molecular weight excluding hydrogens is 512 g/mol. The van der Waals surface area contributed by atoms with Gasteiger partial charge in [0.2, 0.25) is 0 Å². The molecule has 10 heteroatoms. The van der Waals surface area contributed by atoms with Crippen LogP contribution in [0, 0.1) is 5.82 Å². The molecule has 3 aromatic rings. The number of aliphatic hydroxyl groups excluding tert-OH is 1. The molecule has 0 aliphatic carbocycles. The van der Waals surface area contributed by atoms with Gasteiger partial charge in [-0.1, -0.05) is 41.4 Å². The summed E-state index contributed by atoms with van der Waals surface area (Å²) < 4.78 is 29.9. The van der Waals surface area contributed by atoms with Crippen LogP contribution in [-0.2, 0) is 9.59 Å². The van der Waals surface area contributed by atoms with Crippen LogP contribution in [0.3, 0.4) is 0 Å².